The Hall–Kier alpha value is -0.570. The Morgan fingerprint density at radius 1 is 1.47 bits per heavy atom. The smallest absolute Gasteiger partial charge is 0.225 e. The molecule has 15 heavy (non-hydrogen) atoms. The Morgan fingerprint density at radius 2 is 2.20 bits per heavy atom. The maximum absolute atomic E-state index is 12.1. The van der Waals surface area contributed by atoms with Crippen molar-refractivity contribution in [2.45, 2.75) is 39.0 Å². The summed E-state index contributed by atoms with van der Waals surface area (Å²) in [5.74, 6) is 0.954. The van der Waals surface area contributed by atoms with Crippen molar-refractivity contribution in [3.05, 3.63) is 0 Å². The van der Waals surface area contributed by atoms with Crippen LogP contribution in [0.1, 0.15) is 39.0 Å². The molecule has 1 rings (SSSR count). The van der Waals surface area contributed by atoms with Gasteiger partial charge in [-0.15, -0.1) is 0 Å². The van der Waals surface area contributed by atoms with E-state index in [2.05, 4.69) is 6.92 Å². The van der Waals surface area contributed by atoms with Crippen LogP contribution in [0.2, 0.25) is 0 Å². The van der Waals surface area contributed by atoms with Crippen molar-refractivity contribution in [3.63, 3.8) is 0 Å². The van der Waals surface area contributed by atoms with Crippen LogP contribution in [0.25, 0.3) is 0 Å². The number of carbonyl (C=O) groups is 1. The first kappa shape index (κ1) is 12.5. The van der Waals surface area contributed by atoms with E-state index in [1.54, 1.807) is 0 Å². The Labute approximate surface area is 93.0 Å². The zero-order valence-corrected chi connectivity index (χ0v) is 10.0. The van der Waals surface area contributed by atoms with Gasteiger partial charge in [-0.3, -0.25) is 4.79 Å². The molecule has 0 bridgehead atoms. The van der Waals surface area contributed by atoms with Gasteiger partial charge < -0.3 is 10.6 Å². The summed E-state index contributed by atoms with van der Waals surface area (Å²) in [6.45, 7) is 3.71. The van der Waals surface area contributed by atoms with Crippen LogP contribution >= 0.6 is 0 Å². The summed E-state index contributed by atoms with van der Waals surface area (Å²) in [4.78, 5) is 14.0. The van der Waals surface area contributed by atoms with Crippen molar-refractivity contribution in [1.29, 1.82) is 0 Å². The van der Waals surface area contributed by atoms with Gasteiger partial charge in [0.25, 0.3) is 0 Å². The van der Waals surface area contributed by atoms with Gasteiger partial charge in [0.2, 0.25) is 5.91 Å². The zero-order chi connectivity index (χ0) is 11.3. The molecule has 0 aromatic carbocycles. The standard InChI is InChI=1S/C12H24N2O/c1-3-4-8-14(2)12(15)11-7-5-6-10(11)9-13/h10-11H,3-9,13H2,1-2H3. The van der Waals surface area contributed by atoms with Crippen LogP contribution in [0.15, 0.2) is 0 Å². The second kappa shape index (κ2) is 6.11. The van der Waals surface area contributed by atoms with E-state index in [1.165, 1.54) is 6.42 Å². The van der Waals surface area contributed by atoms with Gasteiger partial charge in [0.05, 0.1) is 0 Å². The lowest BCUT2D eigenvalue weighted by Crippen LogP contribution is -2.37. The van der Waals surface area contributed by atoms with Crippen LogP contribution in [-0.4, -0.2) is 30.9 Å². The minimum Gasteiger partial charge on any atom is -0.346 e. The quantitative estimate of drug-likeness (QED) is 0.752. The predicted molar refractivity (Wildman–Crippen MR) is 62.4 cm³/mol. The first-order valence-electron chi connectivity index (χ1n) is 6.15. The summed E-state index contributed by atoms with van der Waals surface area (Å²) < 4.78 is 0. The summed E-state index contributed by atoms with van der Waals surface area (Å²) in [7, 11) is 1.92. The first-order chi connectivity index (χ1) is 7.20. The zero-order valence-electron chi connectivity index (χ0n) is 10.0. The second-order valence-corrected chi connectivity index (χ2v) is 4.65. The first-order valence-corrected chi connectivity index (χ1v) is 6.15. The van der Waals surface area contributed by atoms with Crippen LogP contribution in [0.5, 0.6) is 0 Å². The third kappa shape index (κ3) is 3.20. The molecule has 1 fully saturated rings. The Bertz CT molecular complexity index is 206. The molecular weight excluding hydrogens is 188 g/mol. The molecule has 1 aliphatic rings. The number of rotatable bonds is 5. The lowest BCUT2D eigenvalue weighted by atomic mass is 9.95. The number of nitrogens with zero attached hydrogens (tertiary/aromatic N) is 1. The summed E-state index contributed by atoms with van der Waals surface area (Å²) in [5.41, 5.74) is 5.69. The van der Waals surface area contributed by atoms with Crippen molar-refractivity contribution in [2.24, 2.45) is 17.6 Å². The van der Waals surface area contributed by atoms with E-state index in [0.29, 0.717) is 18.4 Å². The molecule has 0 saturated heterocycles. The van der Waals surface area contributed by atoms with Gasteiger partial charge >= 0.3 is 0 Å². The van der Waals surface area contributed by atoms with Crippen molar-refractivity contribution in [3.8, 4) is 0 Å². The summed E-state index contributed by atoms with van der Waals surface area (Å²) in [6.07, 6.45) is 5.58. The van der Waals surface area contributed by atoms with E-state index in [9.17, 15) is 4.79 Å². The molecule has 0 aromatic rings. The van der Waals surface area contributed by atoms with Crippen molar-refractivity contribution in [2.75, 3.05) is 20.1 Å². The Balaban J connectivity index is 2.44. The molecule has 0 radical (unpaired) electrons. The van der Waals surface area contributed by atoms with Gasteiger partial charge in [-0.25, -0.2) is 0 Å². The normalized spacial score (nSPS) is 25.5. The molecule has 88 valence electrons. The van der Waals surface area contributed by atoms with Gasteiger partial charge in [0.1, 0.15) is 0 Å². The average molecular weight is 212 g/mol. The molecule has 0 aromatic heterocycles. The Morgan fingerprint density at radius 3 is 2.80 bits per heavy atom. The van der Waals surface area contributed by atoms with Crippen molar-refractivity contribution >= 4 is 5.91 Å². The topological polar surface area (TPSA) is 46.3 Å². The molecule has 0 aliphatic heterocycles. The minimum absolute atomic E-state index is 0.205. The maximum atomic E-state index is 12.1. The van der Waals surface area contributed by atoms with Crippen LogP contribution in [0.4, 0.5) is 0 Å². The minimum atomic E-state index is 0.205. The largest absolute Gasteiger partial charge is 0.346 e. The van der Waals surface area contributed by atoms with Crippen LogP contribution in [0, 0.1) is 11.8 Å². The van der Waals surface area contributed by atoms with Gasteiger partial charge in [0, 0.05) is 19.5 Å². The van der Waals surface area contributed by atoms with E-state index in [4.69, 9.17) is 5.73 Å². The van der Waals surface area contributed by atoms with Crippen molar-refractivity contribution in [1.82, 2.24) is 4.90 Å². The molecule has 3 heteroatoms. The average Bonchev–Trinajstić information content (AvgIpc) is 2.72. The Kier molecular flexibility index (Phi) is 5.09. The number of hydrogen-bond donors (Lipinski definition) is 1. The van der Waals surface area contributed by atoms with Crippen LogP contribution in [0.3, 0.4) is 0 Å². The fourth-order valence-electron chi connectivity index (χ4n) is 2.43. The molecule has 0 spiro atoms. The highest BCUT2D eigenvalue weighted by atomic mass is 16.2. The lowest BCUT2D eigenvalue weighted by Gasteiger charge is -2.24. The van der Waals surface area contributed by atoms with Gasteiger partial charge in [-0.05, 0) is 31.7 Å². The van der Waals surface area contributed by atoms with E-state index in [0.717, 1.165) is 32.2 Å². The molecule has 2 N–H and O–H groups in total. The molecule has 1 saturated carbocycles. The third-order valence-electron chi connectivity index (χ3n) is 3.50. The molecule has 3 nitrogen and oxygen atoms in total. The highest BCUT2D eigenvalue weighted by molar-refractivity contribution is 5.79. The molecule has 1 amide bonds. The fraction of sp³-hybridized carbons (Fsp3) is 0.917. The molecule has 2 unspecified atom stereocenters. The van der Waals surface area contributed by atoms with E-state index in [1.807, 2.05) is 11.9 Å². The van der Waals surface area contributed by atoms with Crippen LogP contribution in [-0.2, 0) is 4.79 Å². The number of carbonyl (C=O) groups excluding carboxylic acids is 1. The van der Waals surface area contributed by atoms with E-state index in [-0.39, 0.29) is 5.92 Å². The monoisotopic (exact) mass is 212 g/mol. The highest BCUT2D eigenvalue weighted by Crippen LogP contribution is 2.32. The number of hydrogen-bond acceptors (Lipinski definition) is 2. The lowest BCUT2D eigenvalue weighted by molar-refractivity contribution is -0.135. The van der Waals surface area contributed by atoms with Gasteiger partial charge in [-0.2, -0.15) is 0 Å². The molecule has 2 atom stereocenters. The maximum Gasteiger partial charge on any atom is 0.225 e. The highest BCUT2D eigenvalue weighted by Gasteiger charge is 2.33. The molecule has 0 heterocycles. The summed E-state index contributed by atoms with van der Waals surface area (Å²) >= 11 is 0. The third-order valence-corrected chi connectivity index (χ3v) is 3.50. The summed E-state index contributed by atoms with van der Waals surface area (Å²) in [5, 5.41) is 0. The number of amides is 1. The van der Waals surface area contributed by atoms with Crippen molar-refractivity contribution < 1.29 is 4.79 Å². The molecular formula is C12H24N2O. The SMILES string of the molecule is CCCCN(C)C(=O)C1CCCC1CN. The second-order valence-electron chi connectivity index (χ2n) is 4.65. The summed E-state index contributed by atoms with van der Waals surface area (Å²) in [6, 6.07) is 0. The van der Waals surface area contributed by atoms with Crippen LogP contribution < -0.4 is 5.73 Å². The predicted octanol–water partition coefficient (Wildman–Crippen LogP) is 1.62. The molecule has 1 aliphatic carbocycles. The van der Waals surface area contributed by atoms with Gasteiger partial charge in [0.15, 0.2) is 0 Å². The van der Waals surface area contributed by atoms with E-state index >= 15 is 0 Å². The number of unbranched alkanes of at least 4 members (excludes halogenated alkanes) is 1. The number of nitrogens with two attached hydrogens (primary N) is 1. The fourth-order valence-corrected chi connectivity index (χ4v) is 2.43. The van der Waals surface area contributed by atoms with E-state index < -0.39 is 0 Å². The van der Waals surface area contributed by atoms with Gasteiger partial charge in [-0.1, -0.05) is 19.8 Å².